The Kier molecular flexibility index (Phi) is 5.42. The van der Waals surface area contributed by atoms with E-state index in [1.54, 1.807) is 4.90 Å². The van der Waals surface area contributed by atoms with Gasteiger partial charge in [0.1, 0.15) is 5.75 Å². The molecular weight excluding hydrogens is 276 g/mol. The summed E-state index contributed by atoms with van der Waals surface area (Å²) >= 11 is 0. The minimum Gasteiger partial charge on any atom is -0.473 e. The molecule has 0 saturated carbocycles. The molecule has 0 saturated heterocycles. The quantitative estimate of drug-likeness (QED) is 0.851. The fraction of sp³-hybridized carbons (Fsp3) is 0.278. The van der Waals surface area contributed by atoms with E-state index in [1.807, 2.05) is 62.4 Å². The number of anilines is 1. The van der Waals surface area contributed by atoms with Gasteiger partial charge in [-0.05, 0) is 56.2 Å². The number of rotatable bonds is 5. The number of aryl methyl sites for hydroxylation is 2. The number of hydrogen-bond acceptors (Lipinski definition) is 2. The smallest absolute Gasteiger partial charge is 0.324 e. The van der Waals surface area contributed by atoms with Crippen LogP contribution in [0.25, 0.3) is 0 Å². The highest BCUT2D eigenvalue weighted by molar-refractivity contribution is 5.91. The summed E-state index contributed by atoms with van der Waals surface area (Å²) in [6, 6.07) is 15.3. The average molecular weight is 298 g/mol. The molecule has 0 fully saturated rings. The van der Waals surface area contributed by atoms with E-state index >= 15 is 0 Å². The van der Waals surface area contributed by atoms with Gasteiger partial charge in [-0.2, -0.15) is 0 Å². The van der Waals surface area contributed by atoms with Gasteiger partial charge in [0.25, 0.3) is 0 Å². The van der Waals surface area contributed by atoms with Crippen LogP contribution in [0.1, 0.15) is 18.1 Å². The zero-order valence-corrected chi connectivity index (χ0v) is 13.3. The summed E-state index contributed by atoms with van der Waals surface area (Å²) in [5, 5.41) is 2.78. The number of para-hydroxylation sites is 1. The molecule has 22 heavy (non-hydrogen) atoms. The van der Waals surface area contributed by atoms with Crippen LogP contribution in [-0.4, -0.2) is 19.3 Å². The number of benzene rings is 2. The van der Waals surface area contributed by atoms with E-state index in [-0.39, 0.29) is 12.8 Å². The van der Waals surface area contributed by atoms with E-state index in [0.29, 0.717) is 6.54 Å². The molecule has 0 unspecified atom stereocenters. The number of nitrogens with zero attached hydrogens (tertiary/aromatic N) is 1. The van der Waals surface area contributed by atoms with E-state index < -0.39 is 0 Å². The highest BCUT2D eigenvalue weighted by Gasteiger charge is 2.12. The minimum absolute atomic E-state index is 0.144. The number of ether oxygens (including phenoxy) is 1. The van der Waals surface area contributed by atoms with Crippen molar-refractivity contribution in [2.45, 2.75) is 20.8 Å². The first-order chi connectivity index (χ1) is 10.6. The summed E-state index contributed by atoms with van der Waals surface area (Å²) in [5.74, 6) is 0.756. The molecule has 0 spiro atoms. The Morgan fingerprint density at radius 2 is 1.82 bits per heavy atom. The van der Waals surface area contributed by atoms with Gasteiger partial charge in [-0.25, -0.2) is 4.79 Å². The number of urea groups is 1. The van der Waals surface area contributed by atoms with E-state index in [0.717, 1.165) is 11.4 Å². The molecule has 0 aliphatic heterocycles. The topological polar surface area (TPSA) is 41.6 Å². The summed E-state index contributed by atoms with van der Waals surface area (Å²) in [4.78, 5) is 13.9. The number of carbonyl (C=O) groups is 1. The van der Waals surface area contributed by atoms with Crippen molar-refractivity contribution in [1.82, 2.24) is 5.32 Å². The van der Waals surface area contributed by atoms with Crippen LogP contribution in [-0.2, 0) is 0 Å². The van der Waals surface area contributed by atoms with Gasteiger partial charge in [0, 0.05) is 12.2 Å². The molecule has 0 atom stereocenters. The molecule has 2 amide bonds. The standard InChI is InChI=1S/C18H22N2O2/c1-4-20(16-8-6-5-7-9-16)18(21)19-13-22-17-11-10-14(2)15(3)12-17/h5-12H,4,13H2,1-3H3,(H,19,21). The predicted molar refractivity (Wildman–Crippen MR) is 89.4 cm³/mol. The van der Waals surface area contributed by atoms with Crippen molar-refractivity contribution >= 4 is 11.7 Å². The van der Waals surface area contributed by atoms with Gasteiger partial charge < -0.3 is 10.1 Å². The van der Waals surface area contributed by atoms with Crippen LogP contribution < -0.4 is 15.0 Å². The van der Waals surface area contributed by atoms with Crippen molar-refractivity contribution in [1.29, 1.82) is 0 Å². The van der Waals surface area contributed by atoms with Crippen molar-refractivity contribution in [3.63, 3.8) is 0 Å². The van der Waals surface area contributed by atoms with E-state index in [4.69, 9.17) is 4.74 Å². The lowest BCUT2D eigenvalue weighted by Gasteiger charge is -2.21. The van der Waals surface area contributed by atoms with E-state index in [1.165, 1.54) is 11.1 Å². The number of carbonyl (C=O) groups excluding carboxylic acids is 1. The fourth-order valence-corrected chi connectivity index (χ4v) is 2.13. The van der Waals surface area contributed by atoms with E-state index in [2.05, 4.69) is 12.2 Å². The zero-order valence-electron chi connectivity index (χ0n) is 13.3. The van der Waals surface area contributed by atoms with Gasteiger partial charge in [-0.3, -0.25) is 4.90 Å². The highest BCUT2D eigenvalue weighted by Crippen LogP contribution is 2.16. The van der Waals surface area contributed by atoms with Crippen molar-refractivity contribution < 1.29 is 9.53 Å². The first-order valence-electron chi connectivity index (χ1n) is 7.42. The molecule has 2 aromatic rings. The van der Waals surface area contributed by atoms with Crippen molar-refractivity contribution in [3.8, 4) is 5.75 Å². The maximum absolute atomic E-state index is 12.2. The molecule has 116 valence electrons. The Hall–Kier alpha value is -2.49. The fourth-order valence-electron chi connectivity index (χ4n) is 2.13. The molecule has 2 rings (SSSR count). The van der Waals surface area contributed by atoms with Gasteiger partial charge in [0.15, 0.2) is 6.73 Å². The number of nitrogens with one attached hydrogen (secondary N) is 1. The predicted octanol–water partition coefficient (Wildman–Crippen LogP) is 3.88. The third-order valence-electron chi connectivity index (χ3n) is 3.57. The Labute approximate surface area is 131 Å². The lowest BCUT2D eigenvalue weighted by atomic mass is 10.1. The number of amides is 2. The van der Waals surface area contributed by atoms with Crippen LogP contribution in [0, 0.1) is 13.8 Å². The summed E-state index contributed by atoms with van der Waals surface area (Å²) in [5.41, 5.74) is 3.26. The van der Waals surface area contributed by atoms with Crippen LogP contribution in [0.15, 0.2) is 48.5 Å². The molecule has 0 aliphatic carbocycles. The molecular formula is C18H22N2O2. The summed E-state index contributed by atoms with van der Waals surface area (Å²) in [6.45, 7) is 6.77. The third-order valence-corrected chi connectivity index (χ3v) is 3.57. The third kappa shape index (κ3) is 4.01. The minimum atomic E-state index is -0.169. The average Bonchev–Trinajstić information content (AvgIpc) is 2.52. The second kappa shape index (κ2) is 7.50. The maximum Gasteiger partial charge on any atom is 0.324 e. The largest absolute Gasteiger partial charge is 0.473 e. The van der Waals surface area contributed by atoms with Crippen LogP contribution in [0.2, 0.25) is 0 Å². The van der Waals surface area contributed by atoms with Crippen molar-refractivity contribution in [2.24, 2.45) is 0 Å². The Morgan fingerprint density at radius 1 is 1.09 bits per heavy atom. The van der Waals surface area contributed by atoms with Gasteiger partial charge in [0.2, 0.25) is 0 Å². The second-order valence-electron chi connectivity index (χ2n) is 5.10. The molecule has 0 aromatic heterocycles. The Balaban J connectivity index is 1.90. The van der Waals surface area contributed by atoms with Crippen molar-refractivity contribution in [3.05, 3.63) is 59.7 Å². The molecule has 0 aliphatic rings. The van der Waals surface area contributed by atoms with Gasteiger partial charge in [0.05, 0.1) is 0 Å². The molecule has 0 heterocycles. The summed E-state index contributed by atoms with van der Waals surface area (Å²) < 4.78 is 5.58. The molecule has 2 aromatic carbocycles. The van der Waals surface area contributed by atoms with Gasteiger partial charge >= 0.3 is 6.03 Å². The second-order valence-corrected chi connectivity index (χ2v) is 5.10. The monoisotopic (exact) mass is 298 g/mol. The van der Waals surface area contributed by atoms with E-state index in [9.17, 15) is 4.79 Å². The highest BCUT2D eigenvalue weighted by atomic mass is 16.5. The summed E-state index contributed by atoms with van der Waals surface area (Å²) in [6.07, 6.45) is 0. The van der Waals surface area contributed by atoms with Crippen LogP contribution in [0.4, 0.5) is 10.5 Å². The van der Waals surface area contributed by atoms with Crippen LogP contribution in [0.3, 0.4) is 0 Å². The molecule has 4 heteroatoms. The lowest BCUT2D eigenvalue weighted by molar-refractivity contribution is 0.229. The molecule has 0 bridgehead atoms. The Morgan fingerprint density at radius 3 is 2.45 bits per heavy atom. The SMILES string of the molecule is CCN(C(=O)NCOc1ccc(C)c(C)c1)c1ccccc1. The summed E-state index contributed by atoms with van der Waals surface area (Å²) in [7, 11) is 0. The molecule has 1 N–H and O–H groups in total. The van der Waals surface area contributed by atoms with Crippen molar-refractivity contribution in [2.75, 3.05) is 18.2 Å². The molecule has 0 radical (unpaired) electrons. The normalized spacial score (nSPS) is 10.1. The molecule has 4 nitrogen and oxygen atoms in total. The Bertz CT molecular complexity index is 626. The first kappa shape index (κ1) is 15.9. The van der Waals surface area contributed by atoms with Crippen LogP contribution in [0.5, 0.6) is 5.75 Å². The van der Waals surface area contributed by atoms with Gasteiger partial charge in [-0.1, -0.05) is 24.3 Å². The zero-order chi connectivity index (χ0) is 15.9. The van der Waals surface area contributed by atoms with Crippen LogP contribution >= 0.6 is 0 Å². The lowest BCUT2D eigenvalue weighted by Crippen LogP contribution is -2.41. The maximum atomic E-state index is 12.2. The number of hydrogen-bond donors (Lipinski definition) is 1. The van der Waals surface area contributed by atoms with Gasteiger partial charge in [-0.15, -0.1) is 0 Å². The first-order valence-corrected chi connectivity index (χ1v) is 7.42.